The van der Waals surface area contributed by atoms with Crippen LogP contribution in [0.2, 0.25) is 0 Å². The standard InChI is InChI=1S/C13H15FN2O2/c1-8-6-9(4-5-10(8)14)13(17)11-7-12(18-3)16(2)15-11/h4-7,13,17H,1-3H3. The molecule has 2 rings (SSSR count). The first-order chi connectivity index (χ1) is 8.52. The summed E-state index contributed by atoms with van der Waals surface area (Å²) in [6.07, 6.45) is -0.889. The molecule has 0 saturated heterocycles. The Morgan fingerprint density at radius 3 is 2.67 bits per heavy atom. The van der Waals surface area contributed by atoms with E-state index in [0.29, 0.717) is 22.7 Å². The van der Waals surface area contributed by atoms with Crippen molar-refractivity contribution in [2.45, 2.75) is 13.0 Å². The van der Waals surface area contributed by atoms with Crippen LogP contribution in [0.25, 0.3) is 0 Å². The fourth-order valence-electron chi connectivity index (χ4n) is 1.80. The molecule has 1 unspecified atom stereocenters. The van der Waals surface area contributed by atoms with E-state index in [0.717, 1.165) is 0 Å². The van der Waals surface area contributed by atoms with Gasteiger partial charge in [0.1, 0.15) is 11.9 Å². The van der Waals surface area contributed by atoms with Gasteiger partial charge in [-0.1, -0.05) is 12.1 Å². The molecule has 2 aromatic rings. The Balaban J connectivity index is 2.34. The van der Waals surface area contributed by atoms with Gasteiger partial charge in [-0.2, -0.15) is 5.10 Å². The van der Waals surface area contributed by atoms with Gasteiger partial charge in [0.2, 0.25) is 5.88 Å². The minimum absolute atomic E-state index is 0.287. The highest BCUT2D eigenvalue weighted by molar-refractivity contribution is 5.31. The van der Waals surface area contributed by atoms with Crippen LogP contribution >= 0.6 is 0 Å². The molecule has 96 valence electrons. The maximum absolute atomic E-state index is 13.2. The number of halogens is 1. The van der Waals surface area contributed by atoms with Crippen molar-refractivity contribution in [3.05, 3.63) is 46.9 Å². The van der Waals surface area contributed by atoms with Crippen molar-refractivity contribution >= 4 is 0 Å². The topological polar surface area (TPSA) is 47.3 Å². The molecule has 0 fully saturated rings. The van der Waals surface area contributed by atoms with Gasteiger partial charge in [0.15, 0.2) is 0 Å². The first-order valence-electron chi connectivity index (χ1n) is 5.55. The predicted octanol–water partition coefficient (Wildman–Crippen LogP) is 1.96. The highest BCUT2D eigenvalue weighted by Crippen LogP contribution is 2.25. The van der Waals surface area contributed by atoms with E-state index in [4.69, 9.17) is 4.74 Å². The van der Waals surface area contributed by atoms with Crippen molar-refractivity contribution in [2.24, 2.45) is 7.05 Å². The van der Waals surface area contributed by atoms with Crippen molar-refractivity contribution in [1.29, 1.82) is 0 Å². The lowest BCUT2D eigenvalue weighted by Crippen LogP contribution is -2.02. The van der Waals surface area contributed by atoms with Crippen molar-refractivity contribution < 1.29 is 14.2 Å². The number of aliphatic hydroxyl groups excluding tert-OH is 1. The summed E-state index contributed by atoms with van der Waals surface area (Å²) >= 11 is 0. The van der Waals surface area contributed by atoms with Crippen molar-refractivity contribution in [1.82, 2.24) is 9.78 Å². The number of rotatable bonds is 3. The first kappa shape index (κ1) is 12.6. The van der Waals surface area contributed by atoms with Crippen LogP contribution in [-0.4, -0.2) is 22.0 Å². The summed E-state index contributed by atoms with van der Waals surface area (Å²) in [7, 11) is 3.26. The molecule has 0 saturated carbocycles. The number of benzene rings is 1. The van der Waals surface area contributed by atoms with Gasteiger partial charge in [-0.3, -0.25) is 0 Å². The Bertz CT molecular complexity index is 566. The summed E-state index contributed by atoms with van der Waals surface area (Å²) < 4.78 is 19.8. The third-order valence-corrected chi connectivity index (χ3v) is 2.84. The number of methoxy groups -OCH3 is 1. The summed E-state index contributed by atoms with van der Waals surface area (Å²) in [5.41, 5.74) is 1.57. The molecule has 1 atom stereocenters. The SMILES string of the molecule is COc1cc(C(O)c2ccc(F)c(C)c2)nn1C. The third-order valence-electron chi connectivity index (χ3n) is 2.84. The summed E-state index contributed by atoms with van der Waals surface area (Å²) in [4.78, 5) is 0. The summed E-state index contributed by atoms with van der Waals surface area (Å²) in [6.45, 7) is 1.66. The van der Waals surface area contributed by atoms with Crippen LogP contribution in [0, 0.1) is 12.7 Å². The summed E-state index contributed by atoms with van der Waals surface area (Å²) in [6, 6.07) is 6.16. The summed E-state index contributed by atoms with van der Waals surface area (Å²) in [5.74, 6) is 0.271. The molecule has 0 bridgehead atoms. The Kier molecular flexibility index (Phi) is 3.34. The van der Waals surface area contributed by atoms with Gasteiger partial charge in [-0.05, 0) is 24.1 Å². The molecule has 1 aromatic heterocycles. The van der Waals surface area contributed by atoms with Gasteiger partial charge >= 0.3 is 0 Å². The molecule has 1 N–H and O–H groups in total. The highest BCUT2D eigenvalue weighted by Gasteiger charge is 2.16. The smallest absolute Gasteiger partial charge is 0.211 e. The molecule has 0 aliphatic heterocycles. The largest absolute Gasteiger partial charge is 0.481 e. The molecular weight excluding hydrogens is 235 g/mol. The second-order valence-corrected chi connectivity index (χ2v) is 4.15. The van der Waals surface area contributed by atoms with E-state index >= 15 is 0 Å². The van der Waals surface area contributed by atoms with Gasteiger partial charge in [-0.25, -0.2) is 9.07 Å². The van der Waals surface area contributed by atoms with Gasteiger partial charge in [0.05, 0.1) is 12.8 Å². The quantitative estimate of drug-likeness (QED) is 0.905. The van der Waals surface area contributed by atoms with Crippen molar-refractivity contribution in [3.8, 4) is 5.88 Å². The van der Waals surface area contributed by atoms with Crippen LogP contribution in [0.1, 0.15) is 22.9 Å². The zero-order valence-electron chi connectivity index (χ0n) is 10.5. The average molecular weight is 250 g/mol. The molecule has 0 aliphatic carbocycles. The third kappa shape index (κ3) is 2.22. The molecule has 0 amide bonds. The Hall–Kier alpha value is -1.88. The zero-order valence-corrected chi connectivity index (χ0v) is 10.5. The molecule has 1 heterocycles. The highest BCUT2D eigenvalue weighted by atomic mass is 19.1. The molecule has 0 aliphatic rings. The molecule has 0 spiro atoms. The van der Waals surface area contributed by atoms with Crippen molar-refractivity contribution in [3.63, 3.8) is 0 Å². The second kappa shape index (κ2) is 4.78. The summed E-state index contributed by atoms with van der Waals surface area (Å²) in [5, 5.41) is 14.3. The fraction of sp³-hybridized carbons (Fsp3) is 0.308. The number of ether oxygens (including phenoxy) is 1. The van der Waals surface area contributed by atoms with Gasteiger partial charge in [0, 0.05) is 13.1 Å². The number of hydrogen-bond donors (Lipinski definition) is 1. The van der Waals surface area contributed by atoms with Crippen LogP contribution in [0.15, 0.2) is 24.3 Å². The Morgan fingerprint density at radius 2 is 2.11 bits per heavy atom. The normalized spacial score (nSPS) is 12.5. The van der Waals surface area contributed by atoms with Crippen LogP contribution in [0.3, 0.4) is 0 Å². The van der Waals surface area contributed by atoms with E-state index in [1.807, 2.05) is 0 Å². The van der Waals surface area contributed by atoms with Gasteiger partial charge in [-0.15, -0.1) is 0 Å². The number of nitrogens with zero attached hydrogens (tertiary/aromatic N) is 2. The minimum atomic E-state index is -0.889. The Labute approximate surface area is 105 Å². The maximum Gasteiger partial charge on any atom is 0.211 e. The number of aromatic nitrogens is 2. The molecular formula is C13H15FN2O2. The lowest BCUT2D eigenvalue weighted by molar-refractivity contribution is 0.214. The lowest BCUT2D eigenvalue weighted by atomic mass is 10.0. The van der Waals surface area contributed by atoms with Crippen LogP contribution < -0.4 is 4.74 Å². The van der Waals surface area contributed by atoms with E-state index in [1.54, 1.807) is 32.2 Å². The van der Waals surface area contributed by atoms with Crippen LogP contribution in [0.4, 0.5) is 4.39 Å². The van der Waals surface area contributed by atoms with E-state index in [1.165, 1.54) is 17.9 Å². The molecule has 18 heavy (non-hydrogen) atoms. The maximum atomic E-state index is 13.2. The van der Waals surface area contributed by atoms with Crippen LogP contribution in [0.5, 0.6) is 5.88 Å². The predicted molar refractivity (Wildman–Crippen MR) is 65.0 cm³/mol. The van der Waals surface area contributed by atoms with Crippen molar-refractivity contribution in [2.75, 3.05) is 7.11 Å². The van der Waals surface area contributed by atoms with E-state index in [2.05, 4.69) is 5.10 Å². The van der Waals surface area contributed by atoms with Crippen LogP contribution in [-0.2, 0) is 7.05 Å². The number of aryl methyl sites for hydroxylation is 2. The number of hydrogen-bond acceptors (Lipinski definition) is 3. The van der Waals surface area contributed by atoms with Gasteiger partial charge < -0.3 is 9.84 Å². The second-order valence-electron chi connectivity index (χ2n) is 4.15. The Morgan fingerprint density at radius 1 is 1.39 bits per heavy atom. The minimum Gasteiger partial charge on any atom is -0.481 e. The zero-order chi connectivity index (χ0) is 13.3. The lowest BCUT2D eigenvalue weighted by Gasteiger charge is -2.09. The molecule has 5 heteroatoms. The fourth-order valence-corrected chi connectivity index (χ4v) is 1.80. The number of aliphatic hydroxyl groups is 1. The average Bonchev–Trinajstić information content (AvgIpc) is 2.73. The first-order valence-corrected chi connectivity index (χ1v) is 5.55. The molecule has 4 nitrogen and oxygen atoms in total. The van der Waals surface area contributed by atoms with E-state index in [-0.39, 0.29) is 5.82 Å². The monoisotopic (exact) mass is 250 g/mol. The van der Waals surface area contributed by atoms with Gasteiger partial charge in [0.25, 0.3) is 0 Å². The van der Waals surface area contributed by atoms with E-state index < -0.39 is 6.10 Å². The molecule has 1 aromatic carbocycles. The molecule has 0 radical (unpaired) electrons. The van der Waals surface area contributed by atoms with E-state index in [9.17, 15) is 9.50 Å².